The first-order valence-corrected chi connectivity index (χ1v) is 9.93. The van der Waals surface area contributed by atoms with Gasteiger partial charge in [-0.05, 0) is 37.8 Å². The van der Waals surface area contributed by atoms with Gasteiger partial charge in [0.25, 0.3) is 5.91 Å². The summed E-state index contributed by atoms with van der Waals surface area (Å²) in [5.41, 5.74) is 6.97. The van der Waals surface area contributed by atoms with Gasteiger partial charge in [0, 0.05) is 11.7 Å². The van der Waals surface area contributed by atoms with E-state index in [2.05, 4.69) is 26.3 Å². The van der Waals surface area contributed by atoms with Crippen LogP contribution in [0.25, 0.3) is 0 Å². The second-order valence-corrected chi connectivity index (χ2v) is 7.69. The molecule has 152 valence electrons. The van der Waals surface area contributed by atoms with Gasteiger partial charge in [0.2, 0.25) is 11.8 Å². The predicted octanol–water partition coefficient (Wildman–Crippen LogP) is 1.35. The highest BCUT2D eigenvalue weighted by atomic mass is 16.2. The fourth-order valence-electron chi connectivity index (χ4n) is 4.41. The van der Waals surface area contributed by atoms with E-state index in [1.54, 1.807) is 0 Å². The number of anilines is 1. The van der Waals surface area contributed by atoms with Gasteiger partial charge in [-0.1, -0.05) is 31.0 Å². The Morgan fingerprint density at radius 3 is 2.62 bits per heavy atom. The lowest BCUT2D eigenvalue weighted by atomic mass is 9.77. The number of nitrogens with zero attached hydrogens (tertiary/aromatic N) is 3. The molecule has 4 rings (SSSR count). The average molecular weight is 396 g/mol. The number of fused-ring (bicyclic) bond motifs is 1. The average Bonchev–Trinajstić information content (AvgIpc) is 3.38. The van der Waals surface area contributed by atoms with E-state index in [1.165, 1.54) is 6.20 Å². The number of aromatic amines is 1. The van der Waals surface area contributed by atoms with E-state index in [1.807, 2.05) is 36.1 Å². The van der Waals surface area contributed by atoms with Crippen LogP contribution in [-0.4, -0.2) is 39.2 Å². The maximum Gasteiger partial charge on any atom is 0.291 e. The number of rotatable bonds is 3. The van der Waals surface area contributed by atoms with Gasteiger partial charge in [0.1, 0.15) is 0 Å². The number of carbonyl (C=O) groups excluding carboxylic acids is 3. The number of benzene rings is 1. The molecule has 1 aliphatic heterocycles. The summed E-state index contributed by atoms with van der Waals surface area (Å²) in [5.74, 6) is -1.80. The van der Waals surface area contributed by atoms with Gasteiger partial charge in [0.05, 0.1) is 18.0 Å². The Balaban J connectivity index is 1.46. The summed E-state index contributed by atoms with van der Waals surface area (Å²) in [4.78, 5) is 40.1. The first kappa shape index (κ1) is 19.1. The number of H-pyrrole nitrogens is 1. The number of hydrogen-bond acceptors (Lipinski definition) is 5. The molecule has 0 spiro atoms. The van der Waals surface area contributed by atoms with Gasteiger partial charge < -0.3 is 4.90 Å². The highest BCUT2D eigenvalue weighted by Gasteiger charge is 2.41. The second kappa shape index (κ2) is 8.02. The molecule has 2 heterocycles. The Hall–Kier alpha value is -3.23. The van der Waals surface area contributed by atoms with Crippen molar-refractivity contribution in [2.75, 3.05) is 4.90 Å². The lowest BCUT2D eigenvalue weighted by Crippen LogP contribution is -2.50. The Labute approximate surface area is 168 Å². The number of hydrazine groups is 1. The Morgan fingerprint density at radius 1 is 1.10 bits per heavy atom. The quantitative estimate of drug-likeness (QED) is 0.677. The van der Waals surface area contributed by atoms with Crippen LogP contribution in [0.3, 0.4) is 0 Å². The molecule has 1 aliphatic carbocycles. The van der Waals surface area contributed by atoms with Crippen molar-refractivity contribution in [3.63, 3.8) is 0 Å². The minimum absolute atomic E-state index is 0.00914. The van der Waals surface area contributed by atoms with Gasteiger partial charge in [0.15, 0.2) is 5.69 Å². The fraction of sp³-hybridized carbons (Fsp3) is 0.450. The third-order valence-corrected chi connectivity index (χ3v) is 5.81. The molecule has 3 atom stereocenters. The van der Waals surface area contributed by atoms with Gasteiger partial charge >= 0.3 is 0 Å². The summed E-state index contributed by atoms with van der Waals surface area (Å²) in [6, 6.07) is 7.99. The normalized spacial score (nSPS) is 23.3. The lowest BCUT2D eigenvalue weighted by Gasteiger charge is -2.34. The van der Waals surface area contributed by atoms with Crippen LogP contribution in [0, 0.1) is 11.8 Å². The van der Waals surface area contributed by atoms with E-state index in [0.29, 0.717) is 12.8 Å². The van der Waals surface area contributed by atoms with Crippen LogP contribution in [0.15, 0.2) is 30.5 Å². The van der Waals surface area contributed by atoms with Crippen molar-refractivity contribution in [2.45, 2.75) is 45.1 Å². The highest BCUT2D eigenvalue weighted by molar-refractivity contribution is 6.00. The topological polar surface area (TPSA) is 120 Å². The molecule has 3 amide bonds. The SMILES string of the molecule is CC1Cc2ccccc2N1C(=O)C1CCCCC1C(=O)NNC(=O)c1cn[nH]n1. The molecule has 0 radical (unpaired) electrons. The number of nitrogens with one attached hydrogen (secondary N) is 3. The third kappa shape index (κ3) is 3.72. The molecule has 0 bridgehead atoms. The van der Waals surface area contributed by atoms with Gasteiger partial charge in [-0.3, -0.25) is 25.2 Å². The number of para-hydroxylation sites is 1. The minimum atomic E-state index is -0.562. The van der Waals surface area contributed by atoms with Crippen LogP contribution >= 0.6 is 0 Å². The number of amides is 3. The molecule has 1 aromatic carbocycles. The van der Waals surface area contributed by atoms with Gasteiger partial charge in [-0.25, -0.2) is 0 Å². The van der Waals surface area contributed by atoms with Gasteiger partial charge in [-0.2, -0.15) is 15.4 Å². The zero-order chi connectivity index (χ0) is 20.4. The summed E-state index contributed by atoms with van der Waals surface area (Å²) in [5, 5.41) is 9.58. The van der Waals surface area contributed by atoms with E-state index < -0.39 is 17.7 Å². The maximum atomic E-state index is 13.4. The highest BCUT2D eigenvalue weighted by Crippen LogP contribution is 2.37. The molecule has 3 unspecified atom stereocenters. The molecular formula is C20H24N6O3. The molecule has 0 saturated heterocycles. The van der Waals surface area contributed by atoms with Crippen molar-refractivity contribution >= 4 is 23.4 Å². The van der Waals surface area contributed by atoms with E-state index in [-0.39, 0.29) is 23.6 Å². The van der Waals surface area contributed by atoms with Crippen molar-refractivity contribution in [3.8, 4) is 0 Å². The van der Waals surface area contributed by atoms with Crippen molar-refractivity contribution in [2.24, 2.45) is 11.8 Å². The standard InChI is InChI=1S/C20H24N6O3/c1-12-10-13-6-2-5-9-17(13)26(12)20(29)15-8-4-3-7-14(15)18(27)23-24-19(28)16-11-21-25-22-16/h2,5-6,9,11-12,14-15H,3-4,7-8,10H2,1H3,(H,23,27)(H,24,28)(H,21,22,25). The van der Waals surface area contributed by atoms with Crippen molar-refractivity contribution in [3.05, 3.63) is 41.7 Å². The summed E-state index contributed by atoms with van der Waals surface area (Å²) < 4.78 is 0. The summed E-state index contributed by atoms with van der Waals surface area (Å²) in [7, 11) is 0. The maximum absolute atomic E-state index is 13.4. The minimum Gasteiger partial charge on any atom is -0.309 e. The van der Waals surface area contributed by atoms with Crippen LogP contribution in [0.5, 0.6) is 0 Å². The molecular weight excluding hydrogens is 372 g/mol. The summed E-state index contributed by atoms with van der Waals surface area (Å²) in [6.07, 6.45) is 5.16. The summed E-state index contributed by atoms with van der Waals surface area (Å²) >= 11 is 0. The molecule has 1 saturated carbocycles. The largest absolute Gasteiger partial charge is 0.309 e. The van der Waals surface area contributed by atoms with Crippen LogP contribution in [0.2, 0.25) is 0 Å². The number of aromatic nitrogens is 3. The molecule has 3 N–H and O–H groups in total. The third-order valence-electron chi connectivity index (χ3n) is 5.81. The second-order valence-electron chi connectivity index (χ2n) is 7.69. The van der Waals surface area contributed by atoms with Crippen LogP contribution in [0.4, 0.5) is 5.69 Å². The molecule has 2 aliphatic rings. The molecule has 9 nitrogen and oxygen atoms in total. The van der Waals surface area contributed by atoms with E-state index in [0.717, 1.165) is 30.5 Å². The fourth-order valence-corrected chi connectivity index (χ4v) is 4.41. The Bertz CT molecular complexity index is 913. The summed E-state index contributed by atoms with van der Waals surface area (Å²) in [6.45, 7) is 2.04. The van der Waals surface area contributed by atoms with E-state index >= 15 is 0 Å². The molecule has 1 fully saturated rings. The Morgan fingerprint density at radius 2 is 1.86 bits per heavy atom. The monoisotopic (exact) mass is 396 g/mol. The molecule has 1 aromatic heterocycles. The Kier molecular flexibility index (Phi) is 5.28. The number of carbonyl (C=O) groups is 3. The van der Waals surface area contributed by atoms with Gasteiger partial charge in [-0.15, -0.1) is 0 Å². The zero-order valence-electron chi connectivity index (χ0n) is 16.2. The predicted molar refractivity (Wildman–Crippen MR) is 105 cm³/mol. The number of hydrogen-bond donors (Lipinski definition) is 3. The van der Waals surface area contributed by atoms with E-state index in [4.69, 9.17) is 0 Å². The first-order valence-electron chi connectivity index (χ1n) is 9.93. The van der Waals surface area contributed by atoms with Crippen molar-refractivity contribution in [1.82, 2.24) is 26.3 Å². The lowest BCUT2D eigenvalue weighted by molar-refractivity contribution is -0.135. The van der Waals surface area contributed by atoms with Crippen LogP contribution in [0.1, 0.15) is 48.7 Å². The van der Waals surface area contributed by atoms with Crippen molar-refractivity contribution in [1.29, 1.82) is 0 Å². The first-order chi connectivity index (χ1) is 14.1. The smallest absolute Gasteiger partial charge is 0.291 e. The van der Waals surface area contributed by atoms with Crippen LogP contribution < -0.4 is 15.8 Å². The zero-order valence-corrected chi connectivity index (χ0v) is 16.2. The van der Waals surface area contributed by atoms with E-state index in [9.17, 15) is 14.4 Å². The van der Waals surface area contributed by atoms with Crippen LogP contribution in [-0.2, 0) is 16.0 Å². The molecule has 29 heavy (non-hydrogen) atoms. The molecule has 9 heteroatoms. The molecule has 2 aromatic rings. The van der Waals surface area contributed by atoms with Crippen molar-refractivity contribution < 1.29 is 14.4 Å².